The summed E-state index contributed by atoms with van der Waals surface area (Å²) in [6.45, 7) is 2.06. The summed E-state index contributed by atoms with van der Waals surface area (Å²) >= 11 is 0. The maximum atomic E-state index is 11.5. The molecule has 1 heterocycles. The van der Waals surface area contributed by atoms with Gasteiger partial charge in [-0.05, 0) is 39.3 Å². The molecule has 0 fully saturated rings. The molecule has 0 saturated carbocycles. The highest BCUT2D eigenvalue weighted by molar-refractivity contribution is 5.76. The van der Waals surface area contributed by atoms with Crippen LogP contribution in [0.25, 0.3) is 0 Å². The minimum Gasteiger partial charge on any atom is -0.480 e. The van der Waals surface area contributed by atoms with Crippen molar-refractivity contribution in [2.45, 2.75) is 44.6 Å². The van der Waals surface area contributed by atoms with Crippen molar-refractivity contribution < 1.29 is 9.90 Å². The molecule has 0 amide bonds. The number of carboxylic acid groups (broad SMARTS) is 1. The SMILES string of the molecule is CNCCCCCCNc1nc(N)nc(NC(CCCN=C(N)N)C(=O)O)n1. The Kier molecular flexibility index (Phi) is 11.0. The first kappa shape index (κ1) is 23.1. The van der Waals surface area contributed by atoms with Gasteiger partial charge < -0.3 is 38.3 Å². The molecule has 1 unspecified atom stereocenters. The Morgan fingerprint density at radius 2 is 1.75 bits per heavy atom. The summed E-state index contributed by atoms with van der Waals surface area (Å²) in [7, 11) is 1.94. The number of hydrogen-bond donors (Lipinski definition) is 7. The van der Waals surface area contributed by atoms with Gasteiger partial charge in [-0.1, -0.05) is 12.8 Å². The smallest absolute Gasteiger partial charge is 0.326 e. The highest BCUT2D eigenvalue weighted by Gasteiger charge is 2.18. The Bertz CT molecular complexity index is 621. The molecule has 12 nitrogen and oxygen atoms in total. The van der Waals surface area contributed by atoms with Crippen LogP contribution < -0.4 is 33.2 Å². The van der Waals surface area contributed by atoms with E-state index in [-0.39, 0.29) is 17.9 Å². The Morgan fingerprint density at radius 1 is 1.07 bits per heavy atom. The number of nitrogens with one attached hydrogen (secondary N) is 3. The van der Waals surface area contributed by atoms with E-state index in [1.54, 1.807) is 0 Å². The quantitative estimate of drug-likeness (QED) is 0.115. The van der Waals surface area contributed by atoms with Crippen molar-refractivity contribution in [1.82, 2.24) is 20.3 Å². The van der Waals surface area contributed by atoms with Crippen LogP contribution in [0.5, 0.6) is 0 Å². The van der Waals surface area contributed by atoms with Crippen LogP contribution in [-0.4, -0.2) is 64.7 Å². The zero-order valence-electron chi connectivity index (χ0n) is 16.3. The molecule has 0 aliphatic heterocycles. The van der Waals surface area contributed by atoms with E-state index < -0.39 is 12.0 Å². The molecule has 0 bridgehead atoms. The van der Waals surface area contributed by atoms with Gasteiger partial charge >= 0.3 is 5.97 Å². The van der Waals surface area contributed by atoms with Crippen LogP contribution in [0, 0.1) is 0 Å². The summed E-state index contributed by atoms with van der Waals surface area (Å²) in [6, 6.07) is -0.893. The Hall–Kier alpha value is -2.89. The molecule has 0 radical (unpaired) electrons. The Balaban J connectivity index is 2.52. The van der Waals surface area contributed by atoms with E-state index >= 15 is 0 Å². The summed E-state index contributed by atoms with van der Waals surface area (Å²) in [5.74, 6) is -0.616. The van der Waals surface area contributed by atoms with Crippen LogP contribution in [0.15, 0.2) is 4.99 Å². The molecule has 1 rings (SSSR count). The van der Waals surface area contributed by atoms with E-state index in [4.69, 9.17) is 17.2 Å². The number of hydrogen-bond acceptors (Lipinski definition) is 9. The number of carbonyl (C=O) groups is 1. The lowest BCUT2D eigenvalue weighted by atomic mass is 10.1. The summed E-state index contributed by atoms with van der Waals surface area (Å²) in [5.41, 5.74) is 16.2. The molecule has 0 aromatic carbocycles. The van der Waals surface area contributed by atoms with Gasteiger partial charge in [0.05, 0.1) is 0 Å². The Morgan fingerprint density at radius 3 is 2.39 bits per heavy atom. The van der Waals surface area contributed by atoms with Gasteiger partial charge in [-0.2, -0.15) is 15.0 Å². The van der Waals surface area contributed by atoms with Gasteiger partial charge in [0.2, 0.25) is 17.8 Å². The highest BCUT2D eigenvalue weighted by atomic mass is 16.4. The zero-order chi connectivity index (χ0) is 20.8. The molecule has 1 aromatic heterocycles. The number of nitrogens with zero attached hydrogens (tertiary/aromatic N) is 4. The molecular weight excluding hydrogens is 364 g/mol. The third-order valence-electron chi connectivity index (χ3n) is 3.84. The van der Waals surface area contributed by atoms with Crippen molar-refractivity contribution >= 4 is 29.8 Å². The number of anilines is 3. The summed E-state index contributed by atoms with van der Waals surface area (Å²) in [5, 5.41) is 18.4. The Labute approximate surface area is 164 Å². The van der Waals surface area contributed by atoms with Crippen molar-refractivity contribution in [2.24, 2.45) is 16.5 Å². The third-order valence-corrected chi connectivity index (χ3v) is 3.84. The van der Waals surface area contributed by atoms with E-state index in [0.29, 0.717) is 31.9 Å². The minimum atomic E-state index is -1.03. The molecule has 28 heavy (non-hydrogen) atoms. The predicted molar refractivity (Wildman–Crippen MR) is 110 cm³/mol. The lowest BCUT2D eigenvalue weighted by Crippen LogP contribution is -2.31. The van der Waals surface area contributed by atoms with Gasteiger partial charge in [0.1, 0.15) is 6.04 Å². The molecule has 12 heteroatoms. The van der Waals surface area contributed by atoms with Crippen LogP contribution in [0.2, 0.25) is 0 Å². The van der Waals surface area contributed by atoms with Crippen molar-refractivity contribution in [2.75, 3.05) is 43.0 Å². The fourth-order valence-corrected chi connectivity index (χ4v) is 2.43. The first-order valence-corrected chi connectivity index (χ1v) is 9.37. The zero-order valence-corrected chi connectivity index (χ0v) is 16.3. The number of aliphatic imine (C=N–C) groups is 1. The van der Waals surface area contributed by atoms with E-state index in [9.17, 15) is 9.90 Å². The minimum absolute atomic E-state index is 0.0127. The van der Waals surface area contributed by atoms with Gasteiger partial charge in [0.15, 0.2) is 5.96 Å². The van der Waals surface area contributed by atoms with E-state index in [1.165, 1.54) is 0 Å². The molecule has 0 spiro atoms. The number of nitrogen functional groups attached to an aromatic ring is 1. The summed E-state index contributed by atoms with van der Waals surface area (Å²) in [6.07, 6.45) is 5.14. The fraction of sp³-hybridized carbons (Fsp3) is 0.688. The van der Waals surface area contributed by atoms with Crippen molar-refractivity contribution in [3.8, 4) is 0 Å². The topological polar surface area (TPSA) is 202 Å². The maximum Gasteiger partial charge on any atom is 0.326 e. The van der Waals surface area contributed by atoms with Gasteiger partial charge in [-0.25, -0.2) is 4.79 Å². The second kappa shape index (κ2) is 13.3. The third kappa shape index (κ3) is 10.3. The van der Waals surface area contributed by atoms with E-state index in [2.05, 4.69) is 35.9 Å². The lowest BCUT2D eigenvalue weighted by Gasteiger charge is -2.15. The highest BCUT2D eigenvalue weighted by Crippen LogP contribution is 2.11. The van der Waals surface area contributed by atoms with Crippen LogP contribution in [0.3, 0.4) is 0 Å². The normalized spacial score (nSPS) is 11.6. The van der Waals surface area contributed by atoms with E-state index in [0.717, 1.165) is 32.2 Å². The predicted octanol–water partition coefficient (Wildman–Crippen LogP) is -0.436. The first-order valence-electron chi connectivity index (χ1n) is 9.37. The average Bonchev–Trinajstić information content (AvgIpc) is 2.62. The van der Waals surface area contributed by atoms with Crippen LogP contribution in [0.1, 0.15) is 38.5 Å². The van der Waals surface area contributed by atoms with Crippen molar-refractivity contribution in [1.29, 1.82) is 0 Å². The van der Waals surface area contributed by atoms with Crippen LogP contribution >= 0.6 is 0 Å². The monoisotopic (exact) mass is 396 g/mol. The molecular formula is C16H32N10O2. The van der Waals surface area contributed by atoms with Gasteiger partial charge in [0, 0.05) is 13.1 Å². The van der Waals surface area contributed by atoms with Gasteiger partial charge in [-0.3, -0.25) is 4.99 Å². The molecule has 1 aromatic rings. The number of aliphatic carboxylic acids is 1. The molecule has 0 aliphatic carbocycles. The van der Waals surface area contributed by atoms with Crippen molar-refractivity contribution in [3.63, 3.8) is 0 Å². The first-order chi connectivity index (χ1) is 13.4. The van der Waals surface area contributed by atoms with E-state index in [1.807, 2.05) is 7.05 Å². The second-order valence-electron chi connectivity index (χ2n) is 6.27. The largest absolute Gasteiger partial charge is 0.480 e. The van der Waals surface area contributed by atoms with Crippen LogP contribution in [-0.2, 0) is 4.79 Å². The van der Waals surface area contributed by atoms with Crippen molar-refractivity contribution in [3.05, 3.63) is 0 Å². The molecule has 10 N–H and O–H groups in total. The van der Waals surface area contributed by atoms with Gasteiger partial charge in [-0.15, -0.1) is 0 Å². The number of guanidine groups is 1. The number of nitrogens with two attached hydrogens (primary N) is 3. The number of rotatable bonds is 15. The maximum absolute atomic E-state index is 11.5. The number of carboxylic acids is 1. The number of unbranched alkanes of at least 4 members (excludes halogenated alkanes) is 3. The standard InChI is InChI=1S/C16H32N10O2/c1-20-8-4-2-3-5-9-22-15-24-14(19)25-16(26-15)23-11(12(27)28)7-6-10-21-13(17)18/h11,20H,2-10H2,1H3,(H,27,28)(H4,17,18,21)(H4,19,22,23,24,25,26). The molecule has 1 atom stereocenters. The summed E-state index contributed by atoms with van der Waals surface area (Å²) < 4.78 is 0. The lowest BCUT2D eigenvalue weighted by molar-refractivity contribution is -0.138. The fourth-order valence-electron chi connectivity index (χ4n) is 2.43. The van der Waals surface area contributed by atoms with Gasteiger partial charge in [0.25, 0.3) is 0 Å². The van der Waals surface area contributed by atoms with Crippen LogP contribution in [0.4, 0.5) is 17.8 Å². The molecule has 158 valence electrons. The summed E-state index contributed by atoms with van der Waals surface area (Å²) in [4.78, 5) is 27.5. The average molecular weight is 397 g/mol. The second-order valence-corrected chi connectivity index (χ2v) is 6.27. The molecule has 0 saturated heterocycles. The molecule has 0 aliphatic rings. The number of aromatic nitrogens is 3.